The monoisotopic (exact) mass is 448 g/mol. The Hall–Kier alpha value is -3.65. The van der Waals surface area contributed by atoms with Crippen LogP contribution in [0.25, 0.3) is 15.9 Å². The minimum absolute atomic E-state index is 0.202. The van der Waals surface area contributed by atoms with Gasteiger partial charge >= 0.3 is 5.69 Å². The predicted octanol–water partition coefficient (Wildman–Crippen LogP) is 3.54. The zero-order chi connectivity index (χ0) is 23.0. The highest BCUT2D eigenvalue weighted by atomic mass is 32.1. The van der Waals surface area contributed by atoms with Crippen LogP contribution in [0.15, 0.2) is 63.5 Å². The van der Waals surface area contributed by atoms with Crippen molar-refractivity contribution in [1.29, 1.82) is 0 Å². The summed E-state index contributed by atoms with van der Waals surface area (Å²) in [6.45, 7) is 3.70. The molecule has 164 valence electrons. The Kier molecular flexibility index (Phi) is 5.71. The van der Waals surface area contributed by atoms with E-state index in [0.29, 0.717) is 21.6 Å². The first-order valence-electron chi connectivity index (χ1n) is 10.1. The molecule has 1 N–H and O–H groups in total. The Bertz CT molecular complexity index is 1430. The molecule has 4 rings (SSSR count). The van der Waals surface area contributed by atoms with Gasteiger partial charge in [-0.2, -0.15) is 0 Å². The highest BCUT2D eigenvalue weighted by Crippen LogP contribution is 2.19. The van der Waals surface area contributed by atoms with Gasteiger partial charge in [0.15, 0.2) is 0 Å². The first-order chi connectivity index (χ1) is 15.3. The summed E-state index contributed by atoms with van der Waals surface area (Å²) < 4.78 is 2.93. The van der Waals surface area contributed by atoms with Gasteiger partial charge in [-0.15, -0.1) is 11.3 Å². The van der Waals surface area contributed by atoms with Crippen molar-refractivity contribution in [3.05, 3.63) is 85.9 Å². The van der Waals surface area contributed by atoms with Crippen molar-refractivity contribution in [2.45, 2.75) is 20.4 Å². The van der Waals surface area contributed by atoms with E-state index in [1.54, 1.807) is 17.5 Å². The molecule has 0 atom stereocenters. The molecule has 8 heteroatoms. The lowest BCUT2D eigenvalue weighted by atomic mass is 10.1. The first kappa shape index (κ1) is 21.6. The normalized spacial score (nSPS) is 11.0. The molecule has 0 spiro atoms. The number of aromatic nitrogens is 2. The van der Waals surface area contributed by atoms with Crippen LogP contribution in [-0.4, -0.2) is 29.1 Å². The van der Waals surface area contributed by atoms with Crippen LogP contribution in [0.2, 0.25) is 0 Å². The van der Waals surface area contributed by atoms with Gasteiger partial charge in [0.1, 0.15) is 11.2 Å². The van der Waals surface area contributed by atoms with E-state index in [0.717, 1.165) is 21.4 Å². The molecule has 0 aliphatic heterocycles. The Balaban J connectivity index is 1.73. The maximum Gasteiger partial charge on any atom is 0.336 e. The predicted molar refractivity (Wildman–Crippen MR) is 131 cm³/mol. The van der Waals surface area contributed by atoms with Crippen LogP contribution < -0.4 is 21.5 Å². The minimum atomic E-state index is -0.540. The second-order valence-electron chi connectivity index (χ2n) is 7.90. The number of benzene rings is 2. The van der Waals surface area contributed by atoms with Crippen molar-refractivity contribution < 1.29 is 4.79 Å². The molecule has 1 amide bonds. The molecule has 0 unspecified atom stereocenters. The van der Waals surface area contributed by atoms with Crippen molar-refractivity contribution in [1.82, 2.24) is 9.13 Å². The maximum absolute atomic E-state index is 13.4. The van der Waals surface area contributed by atoms with Gasteiger partial charge in [-0.1, -0.05) is 6.07 Å². The molecule has 7 nitrogen and oxygen atoms in total. The van der Waals surface area contributed by atoms with Gasteiger partial charge in [0, 0.05) is 25.5 Å². The topological polar surface area (TPSA) is 76.3 Å². The number of aryl methyl sites for hydroxylation is 2. The SMILES string of the molecule is Cc1ccc(-n2c(=O)c3sccc3n(CC(=O)Nc3ccc(N(C)C)cc3)c2=O)cc1C. The van der Waals surface area contributed by atoms with Crippen LogP contribution in [0.1, 0.15) is 11.1 Å². The van der Waals surface area contributed by atoms with E-state index >= 15 is 0 Å². The van der Waals surface area contributed by atoms with E-state index in [2.05, 4.69) is 5.32 Å². The van der Waals surface area contributed by atoms with E-state index in [4.69, 9.17) is 0 Å². The highest BCUT2D eigenvalue weighted by molar-refractivity contribution is 7.17. The molecule has 0 radical (unpaired) electrons. The van der Waals surface area contributed by atoms with Gasteiger partial charge in [-0.25, -0.2) is 9.36 Å². The Morgan fingerprint density at radius 2 is 1.72 bits per heavy atom. The highest BCUT2D eigenvalue weighted by Gasteiger charge is 2.18. The van der Waals surface area contributed by atoms with E-state index in [9.17, 15) is 14.4 Å². The molecule has 0 fully saturated rings. The lowest BCUT2D eigenvalue weighted by Gasteiger charge is -2.14. The minimum Gasteiger partial charge on any atom is -0.378 e. The molecule has 0 saturated carbocycles. The fourth-order valence-electron chi connectivity index (χ4n) is 3.52. The number of rotatable bonds is 5. The number of carbonyl (C=O) groups is 1. The van der Waals surface area contributed by atoms with Crippen LogP contribution >= 0.6 is 11.3 Å². The molecule has 0 aliphatic carbocycles. The van der Waals surface area contributed by atoms with Crippen LogP contribution in [0.5, 0.6) is 0 Å². The van der Waals surface area contributed by atoms with Crippen molar-refractivity contribution in [3.63, 3.8) is 0 Å². The molecular weight excluding hydrogens is 424 g/mol. The summed E-state index contributed by atoms with van der Waals surface area (Å²) in [5.41, 5.74) is 3.73. The van der Waals surface area contributed by atoms with Crippen LogP contribution in [0.4, 0.5) is 11.4 Å². The first-order valence-corrected chi connectivity index (χ1v) is 11.0. The molecule has 0 aliphatic rings. The van der Waals surface area contributed by atoms with Crippen LogP contribution in [0.3, 0.4) is 0 Å². The molecule has 32 heavy (non-hydrogen) atoms. The number of nitrogens with one attached hydrogen (secondary N) is 1. The number of fused-ring (bicyclic) bond motifs is 1. The summed E-state index contributed by atoms with van der Waals surface area (Å²) in [4.78, 5) is 41.2. The van der Waals surface area contributed by atoms with Gasteiger partial charge < -0.3 is 10.2 Å². The number of hydrogen-bond donors (Lipinski definition) is 1. The van der Waals surface area contributed by atoms with Crippen molar-refractivity contribution in [2.75, 3.05) is 24.3 Å². The maximum atomic E-state index is 13.4. The fourth-order valence-corrected chi connectivity index (χ4v) is 4.34. The molecule has 2 aromatic heterocycles. The molecule has 2 aromatic carbocycles. The summed E-state index contributed by atoms with van der Waals surface area (Å²) in [6, 6.07) is 14.6. The quantitative estimate of drug-likeness (QED) is 0.507. The van der Waals surface area contributed by atoms with Crippen molar-refractivity contribution in [2.24, 2.45) is 0 Å². The van der Waals surface area contributed by atoms with Crippen LogP contribution in [0, 0.1) is 13.8 Å². The van der Waals surface area contributed by atoms with Gasteiger partial charge in [0.05, 0.1) is 11.2 Å². The lowest BCUT2D eigenvalue weighted by molar-refractivity contribution is -0.116. The summed E-state index contributed by atoms with van der Waals surface area (Å²) in [6.07, 6.45) is 0. The average molecular weight is 449 g/mol. The molecule has 0 bridgehead atoms. The number of hydrogen-bond acceptors (Lipinski definition) is 5. The van der Waals surface area contributed by atoms with Crippen LogP contribution in [-0.2, 0) is 11.3 Å². The third-order valence-electron chi connectivity index (χ3n) is 5.47. The Labute approximate surface area is 189 Å². The summed E-state index contributed by atoms with van der Waals surface area (Å²) in [5, 5.41) is 4.58. The summed E-state index contributed by atoms with van der Waals surface area (Å²) >= 11 is 1.26. The Morgan fingerprint density at radius 3 is 2.38 bits per heavy atom. The Morgan fingerprint density at radius 1 is 1.00 bits per heavy atom. The average Bonchev–Trinajstić information content (AvgIpc) is 3.24. The van der Waals surface area contributed by atoms with E-state index in [1.807, 2.05) is 69.2 Å². The second kappa shape index (κ2) is 8.47. The largest absolute Gasteiger partial charge is 0.378 e. The third-order valence-corrected chi connectivity index (χ3v) is 6.36. The number of thiophene rings is 1. The van der Waals surface area contributed by atoms with Crippen molar-refractivity contribution >= 4 is 38.8 Å². The zero-order valence-electron chi connectivity index (χ0n) is 18.4. The number of anilines is 2. The number of nitrogens with zero attached hydrogens (tertiary/aromatic N) is 3. The zero-order valence-corrected chi connectivity index (χ0v) is 19.2. The van der Waals surface area contributed by atoms with E-state index < -0.39 is 5.69 Å². The van der Waals surface area contributed by atoms with Gasteiger partial charge in [-0.05, 0) is 72.8 Å². The van der Waals surface area contributed by atoms with E-state index in [1.165, 1.54) is 15.9 Å². The van der Waals surface area contributed by atoms with E-state index in [-0.39, 0.29) is 18.0 Å². The number of amides is 1. The molecule has 2 heterocycles. The molecule has 0 saturated heterocycles. The van der Waals surface area contributed by atoms with Gasteiger partial charge in [0.2, 0.25) is 5.91 Å². The number of carbonyl (C=O) groups excluding carboxylic acids is 1. The fraction of sp³-hybridized carbons (Fsp3) is 0.208. The van der Waals surface area contributed by atoms with Gasteiger partial charge in [-0.3, -0.25) is 14.2 Å². The third kappa shape index (κ3) is 3.97. The molecular formula is C24H24N4O3S. The van der Waals surface area contributed by atoms with Gasteiger partial charge in [0.25, 0.3) is 5.56 Å². The lowest BCUT2D eigenvalue weighted by Crippen LogP contribution is -2.40. The summed E-state index contributed by atoms with van der Waals surface area (Å²) in [7, 11) is 3.88. The molecule has 4 aromatic rings. The second-order valence-corrected chi connectivity index (χ2v) is 8.82. The summed E-state index contributed by atoms with van der Waals surface area (Å²) in [5.74, 6) is -0.345. The van der Waals surface area contributed by atoms with Crippen molar-refractivity contribution in [3.8, 4) is 5.69 Å². The smallest absolute Gasteiger partial charge is 0.336 e. The standard InChI is InChI=1S/C24H24N4O3S/c1-15-5-8-19(13-16(15)2)28-23(30)22-20(11-12-32-22)27(24(28)31)14-21(29)25-17-6-9-18(10-7-17)26(3)4/h5-13H,14H2,1-4H3,(H,25,29).